The Labute approximate surface area is 148 Å². The van der Waals surface area contributed by atoms with Gasteiger partial charge in [0, 0.05) is 6.54 Å². The van der Waals surface area contributed by atoms with E-state index in [0.29, 0.717) is 18.0 Å². The zero-order valence-corrected chi connectivity index (χ0v) is 15.0. The van der Waals surface area contributed by atoms with Crippen molar-refractivity contribution in [3.8, 4) is 11.5 Å². The fraction of sp³-hybridized carbons (Fsp3) is 0.350. The Morgan fingerprint density at radius 3 is 2.24 bits per heavy atom. The summed E-state index contributed by atoms with van der Waals surface area (Å²) in [5.41, 5.74) is 1.72. The van der Waals surface area contributed by atoms with Gasteiger partial charge in [-0.15, -0.1) is 0 Å². The second-order valence-corrected chi connectivity index (χ2v) is 6.18. The fourth-order valence-electron chi connectivity index (χ4n) is 2.80. The molecule has 0 saturated heterocycles. The Hall–Kier alpha value is -2.56. The lowest BCUT2D eigenvalue weighted by Gasteiger charge is -2.21. The minimum Gasteiger partial charge on any atom is -0.493 e. The molecule has 0 radical (unpaired) electrons. The number of amides is 1. The van der Waals surface area contributed by atoms with E-state index >= 15 is 0 Å². The highest BCUT2D eigenvalue weighted by molar-refractivity contribution is 5.83. The van der Waals surface area contributed by atoms with Gasteiger partial charge in [-0.1, -0.05) is 32.0 Å². The molecule has 0 heterocycles. The maximum absolute atomic E-state index is 13.1. The summed E-state index contributed by atoms with van der Waals surface area (Å²) in [7, 11) is 3.15. The van der Waals surface area contributed by atoms with Gasteiger partial charge in [-0.05, 0) is 41.3 Å². The van der Waals surface area contributed by atoms with Gasteiger partial charge in [-0.25, -0.2) is 4.39 Å². The predicted molar refractivity (Wildman–Crippen MR) is 95.4 cm³/mol. The van der Waals surface area contributed by atoms with E-state index in [4.69, 9.17) is 9.47 Å². The van der Waals surface area contributed by atoms with Crippen molar-refractivity contribution in [2.24, 2.45) is 5.92 Å². The van der Waals surface area contributed by atoms with Crippen LogP contribution in [-0.4, -0.2) is 20.1 Å². The van der Waals surface area contributed by atoms with Crippen molar-refractivity contribution in [2.45, 2.75) is 26.3 Å². The van der Waals surface area contributed by atoms with E-state index < -0.39 is 0 Å². The molecule has 0 aromatic heterocycles. The Morgan fingerprint density at radius 1 is 1.04 bits per heavy atom. The quantitative estimate of drug-likeness (QED) is 0.828. The molecule has 5 heteroatoms. The molecule has 0 aliphatic carbocycles. The van der Waals surface area contributed by atoms with Crippen LogP contribution < -0.4 is 14.8 Å². The third kappa shape index (κ3) is 4.72. The maximum atomic E-state index is 13.1. The van der Waals surface area contributed by atoms with Gasteiger partial charge < -0.3 is 14.8 Å². The molecule has 2 aromatic rings. The number of hydrogen-bond donors (Lipinski definition) is 1. The van der Waals surface area contributed by atoms with Crippen molar-refractivity contribution >= 4 is 5.91 Å². The van der Waals surface area contributed by atoms with Crippen LogP contribution in [-0.2, 0) is 11.3 Å². The molecule has 0 spiro atoms. The lowest BCUT2D eigenvalue weighted by molar-refractivity contribution is -0.123. The first-order chi connectivity index (χ1) is 12.0. The van der Waals surface area contributed by atoms with E-state index in [9.17, 15) is 9.18 Å². The minimum atomic E-state index is -0.333. The van der Waals surface area contributed by atoms with Crippen LogP contribution in [0.15, 0.2) is 42.5 Å². The molecule has 1 N–H and O–H groups in total. The van der Waals surface area contributed by atoms with Crippen molar-refractivity contribution in [3.05, 3.63) is 59.4 Å². The number of carbonyl (C=O) groups is 1. The van der Waals surface area contributed by atoms with Gasteiger partial charge in [-0.2, -0.15) is 0 Å². The zero-order chi connectivity index (χ0) is 18.4. The van der Waals surface area contributed by atoms with Crippen LogP contribution in [0.3, 0.4) is 0 Å². The van der Waals surface area contributed by atoms with Gasteiger partial charge in [0.05, 0.1) is 20.1 Å². The molecule has 134 valence electrons. The first-order valence-corrected chi connectivity index (χ1v) is 8.20. The van der Waals surface area contributed by atoms with E-state index in [1.54, 1.807) is 32.4 Å². The Kier molecular flexibility index (Phi) is 6.39. The number of rotatable bonds is 7. The summed E-state index contributed by atoms with van der Waals surface area (Å²) in [4.78, 5) is 12.7. The summed E-state index contributed by atoms with van der Waals surface area (Å²) < 4.78 is 23.6. The molecule has 0 saturated carbocycles. The van der Waals surface area contributed by atoms with E-state index in [2.05, 4.69) is 5.32 Å². The summed E-state index contributed by atoms with van der Waals surface area (Å²) in [5.74, 6) is 0.627. The fourth-order valence-corrected chi connectivity index (χ4v) is 2.80. The largest absolute Gasteiger partial charge is 0.493 e. The number of nitrogens with one attached hydrogen (secondary N) is 1. The summed E-state index contributed by atoms with van der Waals surface area (Å²) >= 11 is 0. The first-order valence-electron chi connectivity index (χ1n) is 8.20. The summed E-state index contributed by atoms with van der Waals surface area (Å²) in [5, 5.41) is 2.95. The summed E-state index contributed by atoms with van der Waals surface area (Å²) in [6, 6.07) is 11.6. The van der Waals surface area contributed by atoms with Crippen LogP contribution in [0, 0.1) is 11.7 Å². The van der Waals surface area contributed by atoms with E-state index in [0.717, 1.165) is 11.1 Å². The van der Waals surface area contributed by atoms with Crippen LogP contribution >= 0.6 is 0 Å². The van der Waals surface area contributed by atoms with Crippen LogP contribution in [0.25, 0.3) is 0 Å². The maximum Gasteiger partial charge on any atom is 0.228 e. The molecule has 0 fully saturated rings. The van der Waals surface area contributed by atoms with E-state index in [1.807, 2.05) is 26.0 Å². The third-order valence-corrected chi connectivity index (χ3v) is 4.09. The molecular formula is C20H24FNO3. The topological polar surface area (TPSA) is 47.6 Å². The van der Waals surface area contributed by atoms with Gasteiger partial charge in [0.15, 0.2) is 11.5 Å². The molecule has 2 aromatic carbocycles. The Bertz CT molecular complexity index is 713. The third-order valence-electron chi connectivity index (χ3n) is 4.09. The Morgan fingerprint density at radius 2 is 1.68 bits per heavy atom. The number of hydrogen-bond acceptors (Lipinski definition) is 3. The van der Waals surface area contributed by atoms with Crippen LogP contribution in [0.1, 0.15) is 30.9 Å². The zero-order valence-electron chi connectivity index (χ0n) is 15.0. The lowest BCUT2D eigenvalue weighted by Crippen LogP contribution is -2.31. The second-order valence-electron chi connectivity index (χ2n) is 6.18. The molecule has 1 unspecified atom stereocenters. The van der Waals surface area contributed by atoms with Crippen molar-refractivity contribution in [2.75, 3.05) is 14.2 Å². The highest BCUT2D eigenvalue weighted by atomic mass is 19.1. The van der Waals surface area contributed by atoms with Crippen molar-refractivity contribution in [1.82, 2.24) is 5.32 Å². The van der Waals surface area contributed by atoms with E-state index in [1.165, 1.54) is 12.1 Å². The number of ether oxygens (including phenoxy) is 2. The second kappa shape index (κ2) is 8.51. The van der Waals surface area contributed by atoms with Gasteiger partial charge >= 0.3 is 0 Å². The number of methoxy groups -OCH3 is 2. The SMILES string of the molecule is COc1ccc(CNC(=O)C(c2ccc(F)cc2)C(C)C)cc1OC. The van der Waals surface area contributed by atoms with Crippen LogP contribution in [0.5, 0.6) is 11.5 Å². The standard InChI is InChI=1S/C20H24FNO3/c1-13(2)19(15-6-8-16(21)9-7-15)20(23)22-12-14-5-10-17(24-3)18(11-14)25-4/h5-11,13,19H,12H2,1-4H3,(H,22,23). The highest BCUT2D eigenvalue weighted by Gasteiger charge is 2.24. The molecule has 1 atom stereocenters. The van der Waals surface area contributed by atoms with Crippen molar-refractivity contribution < 1.29 is 18.7 Å². The first kappa shape index (κ1) is 18.8. The van der Waals surface area contributed by atoms with Crippen molar-refractivity contribution in [3.63, 3.8) is 0 Å². The van der Waals surface area contributed by atoms with E-state index in [-0.39, 0.29) is 23.6 Å². The average Bonchev–Trinajstić information content (AvgIpc) is 2.61. The normalized spacial score (nSPS) is 11.9. The number of benzene rings is 2. The molecule has 1 amide bonds. The molecule has 2 rings (SSSR count). The number of carbonyl (C=O) groups excluding carboxylic acids is 1. The molecule has 0 aliphatic rings. The van der Waals surface area contributed by atoms with Gasteiger partial charge in [0.2, 0.25) is 5.91 Å². The Balaban J connectivity index is 2.10. The highest BCUT2D eigenvalue weighted by Crippen LogP contribution is 2.28. The lowest BCUT2D eigenvalue weighted by atomic mass is 9.87. The molecular weight excluding hydrogens is 321 g/mol. The summed E-state index contributed by atoms with van der Waals surface area (Å²) in [6.07, 6.45) is 0. The average molecular weight is 345 g/mol. The van der Waals surface area contributed by atoms with Crippen LogP contribution in [0.4, 0.5) is 4.39 Å². The monoisotopic (exact) mass is 345 g/mol. The van der Waals surface area contributed by atoms with Gasteiger partial charge in [-0.3, -0.25) is 4.79 Å². The van der Waals surface area contributed by atoms with Crippen molar-refractivity contribution in [1.29, 1.82) is 0 Å². The molecule has 25 heavy (non-hydrogen) atoms. The molecule has 0 aliphatic heterocycles. The van der Waals surface area contributed by atoms with Gasteiger partial charge in [0.25, 0.3) is 0 Å². The smallest absolute Gasteiger partial charge is 0.228 e. The molecule has 0 bridgehead atoms. The molecule has 4 nitrogen and oxygen atoms in total. The van der Waals surface area contributed by atoms with Crippen LogP contribution in [0.2, 0.25) is 0 Å². The predicted octanol–water partition coefficient (Wildman–Crippen LogP) is 3.90. The summed E-state index contributed by atoms with van der Waals surface area (Å²) in [6.45, 7) is 4.33. The number of halogens is 1. The van der Waals surface area contributed by atoms with Gasteiger partial charge in [0.1, 0.15) is 5.82 Å². The minimum absolute atomic E-state index is 0.0867.